The molecule has 16 heavy (non-hydrogen) atoms. The summed E-state index contributed by atoms with van der Waals surface area (Å²) in [6.45, 7) is 2.22. The Morgan fingerprint density at radius 2 is 2.44 bits per heavy atom. The van der Waals surface area contributed by atoms with Crippen LogP contribution in [0.4, 0.5) is 0 Å². The molecule has 2 heteroatoms. The number of allylic oxidation sites excluding steroid dienone is 2. The third kappa shape index (κ3) is 2.56. The van der Waals surface area contributed by atoms with Gasteiger partial charge in [-0.1, -0.05) is 38.0 Å². The molecule has 0 fully saturated rings. The minimum Gasteiger partial charge on any atom is -0.384 e. The Morgan fingerprint density at radius 1 is 1.56 bits per heavy atom. The van der Waals surface area contributed by atoms with Gasteiger partial charge in [0, 0.05) is 12.2 Å². The van der Waals surface area contributed by atoms with Crippen LogP contribution in [0.15, 0.2) is 35.6 Å². The van der Waals surface area contributed by atoms with E-state index in [9.17, 15) is 0 Å². The fourth-order valence-corrected chi connectivity index (χ4v) is 2.43. The van der Waals surface area contributed by atoms with E-state index in [2.05, 4.69) is 36.7 Å². The minimum atomic E-state index is 0.318. The molecule has 0 aromatic rings. The van der Waals surface area contributed by atoms with Gasteiger partial charge in [0.25, 0.3) is 0 Å². The number of unbranched alkanes of at least 4 members (excludes halogenated alkanes) is 1. The van der Waals surface area contributed by atoms with E-state index in [1.807, 2.05) is 0 Å². The summed E-state index contributed by atoms with van der Waals surface area (Å²) in [7, 11) is 0. The smallest absolute Gasteiger partial charge is 0.0546 e. The van der Waals surface area contributed by atoms with Crippen molar-refractivity contribution in [1.29, 1.82) is 0 Å². The fourth-order valence-electron chi connectivity index (χ4n) is 2.43. The average molecular weight is 218 g/mol. The molecule has 0 aromatic heterocycles. The molecule has 0 saturated heterocycles. The molecule has 2 unspecified atom stereocenters. The van der Waals surface area contributed by atoms with Crippen LogP contribution in [0, 0.1) is 0 Å². The zero-order valence-corrected chi connectivity index (χ0v) is 10.1. The second-order valence-corrected chi connectivity index (χ2v) is 4.78. The monoisotopic (exact) mass is 218 g/mol. The van der Waals surface area contributed by atoms with Crippen molar-refractivity contribution >= 4 is 0 Å². The van der Waals surface area contributed by atoms with Crippen LogP contribution in [-0.2, 0) is 0 Å². The van der Waals surface area contributed by atoms with E-state index < -0.39 is 0 Å². The van der Waals surface area contributed by atoms with E-state index in [0.29, 0.717) is 12.1 Å². The summed E-state index contributed by atoms with van der Waals surface area (Å²) in [5, 5.41) is 3.43. The van der Waals surface area contributed by atoms with Crippen LogP contribution < -0.4 is 11.1 Å². The Labute approximate surface area is 98.3 Å². The molecule has 2 atom stereocenters. The molecule has 0 amide bonds. The lowest BCUT2D eigenvalue weighted by Gasteiger charge is -2.18. The summed E-state index contributed by atoms with van der Waals surface area (Å²) in [5.41, 5.74) is 9.02. The summed E-state index contributed by atoms with van der Waals surface area (Å²) in [6.07, 6.45) is 14.5. The van der Waals surface area contributed by atoms with Gasteiger partial charge in [0.2, 0.25) is 0 Å². The predicted octanol–water partition coefficient (Wildman–Crippen LogP) is 2.64. The lowest BCUT2D eigenvalue weighted by atomic mass is 9.91. The highest BCUT2D eigenvalue weighted by molar-refractivity contribution is 5.44. The van der Waals surface area contributed by atoms with Gasteiger partial charge in [0.05, 0.1) is 6.04 Å². The van der Waals surface area contributed by atoms with Crippen LogP contribution in [0.25, 0.3) is 0 Å². The van der Waals surface area contributed by atoms with E-state index >= 15 is 0 Å². The summed E-state index contributed by atoms with van der Waals surface area (Å²) < 4.78 is 0. The minimum absolute atomic E-state index is 0.318. The topological polar surface area (TPSA) is 38.0 Å². The Balaban J connectivity index is 1.90. The van der Waals surface area contributed by atoms with Gasteiger partial charge in [-0.15, -0.1) is 0 Å². The van der Waals surface area contributed by atoms with Crippen molar-refractivity contribution in [2.75, 3.05) is 0 Å². The summed E-state index contributed by atoms with van der Waals surface area (Å²) in [6, 6.07) is 0.830. The standard InChI is InChI=1S/C14H22N2/c1-2-3-6-12(15)9-11-10-16-14-8-5-4-7-13(11)14/h4-5,7,10,12,14,16H,2-3,6,8-9,15H2,1H3. The maximum Gasteiger partial charge on any atom is 0.0546 e. The Bertz CT molecular complexity index is 326. The van der Waals surface area contributed by atoms with E-state index in [1.165, 1.54) is 24.0 Å². The summed E-state index contributed by atoms with van der Waals surface area (Å²) >= 11 is 0. The first-order chi connectivity index (χ1) is 7.81. The number of hydrogen-bond acceptors (Lipinski definition) is 2. The van der Waals surface area contributed by atoms with Crippen molar-refractivity contribution in [2.45, 2.75) is 51.1 Å². The van der Waals surface area contributed by atoms with Crippen molar-refractivity contribution in [3.63, 3.8) is 0 Å². The van der Waals surface area contributed by atoms with Crippen LogP contribution in [0.2, 0.25) is 0 Å². The van der Waals surface area contributed by atoms with Crippen molar-refractivity contribution in [1.82, 2.24) is 5.32 Å². The first kappa shape index (κ1) is 11.5. The van der Waals surface area contributed by atoms with Crippen LogP contribution in [0.1, 0.15) is 39.0 Å². The molecule has 88 valence electrons. The van der Waals surface area contributed by atoms with E-state index in [1.54, 1.807) is 0 Å². The number of fused-ring (bicyclic) bond motifs is 1. The third-order valence-electron chi connectivity index (χ3n) is 3.40. The van der Waals surface area contributed by atoms with E-state index in [4.69, 9.17) is 5.73 Å². The summed E-state index contributed by atoms with van der Waals surface area (Å²) in [5.74, 6) is 0. The molecule has 0 bridgehead atoms. The highest BCUT2D eigenvalue weighted by Crippen LogP contribution is 2.29. The van der Waals surface area contributed by atoms with Crippen molar-refractivity contribution in [3.8, 4) is 0 Å². The molecule has 3 N–H and O–H groups in total. The zero-order chi connectivity index (χ0) is 11.4. The van der Waals surface area contributed by atoms with Gasteiger partial charge in [-0.25, -0.2) is 0 Å². The van der Waals surface area contributed by atoms with Crippen molar-refractivity contribution in [2.24, 2.45) is 5.73 Å². The zero-order valence-electron chi connectivity index (χ0n) is 10.1. The Hall–Kier alpha value is -1.02. The highest BCUT2D eigenvalue weighted by atomic mass is 14.9. The summed E-state index contributed by atoms with van der Waals surface area (Å²) in [4.78, 5) is 0. The Morgan fingerprint density at radius 3 is 3.25 bits per heavy atom. The van der Waals surface area contributed by atoms with Gasteiger partial charge >= 0.3 is 0 Å². The normalized spacial score (nSPS) is 24.5. The van der Waals surface area contributed by atoms with E-state index in [0.717, 1.165) is 19.3 Å². The largest absolute Gasteiger partial charge is 0.384 e. The number of nitrogens with two attached hydrogens (primary N) is 1. The second kappa shape index (κ2) is 5.35. The van der Waals surface area contributed by atoms with Gasteiger partial charge in [-0.2, -0.15) is 0 Å². The predicted molar refractivity (Wildman–Crippen MR) is 69.0 cm³/mol. The molecule has 2 rings (SSSR count). The molecular weight excluding hydrogens is 196 g/mol. The molecular formula is C14H22N2. The van der Waals surface area contributed by atoms with E-state index in [-0.39, 0.29) is 0 Å². The molecule has 0 radical (unpaired) electrons. The fraction of sp³-hybridized carbons (Fsp3) is 0.571. The lowest BCUT2D eigenvalue weighted by molar-refractivity contribution is 0.573. The van der Waals surface area contributed by atoms with Crippen molar-refractivity contribution < 1.29 is 0 Å². The maximum absolute atomic E-state index is 6.15. The SMILES string of the molecule is CCCCC(N)CC1=CNC2CC=CC=C12. The average Bonchev–Trinajstić information content (AvgIpc) is 2.70. The van der Waals surface area contributed by atoms with Crippen LogP contribution >= 0.6 is 0 Å². The third-order valence-corrected chi connectivity index (χ3v) is 3.40. The highest BCUT2D eigenvalue weighted by Gasteiger charge is 2.23. The molecule has 1 aliphatic carbocycles. The maximum atomic E-state index is 6.15. The molecule has 2 aliphatic rings. The van der Waals surface area contributed by atoms with Gasteiger partial charge in [-0.05, 0) is 30.4 Å². The molecule has 0 spiro atoms. The lowest BCUT2D eigenvalue weighted by Crippen LogP contribution is -2.23. The number of hydrogen-bond donors (Lipinski definition) is 2. The first-order valence-corrected chi connectivity index (χ1v) is 6.39. The molecule has 1 heterocycles. The van der Waals surface area contributed by atoms with Crippen molar-refractivity contribution in [3.05, 3.63) is 35.6 Å². The van der Waals surface area contributed by atoms with Gasteiger partial charge in [0.15, 0.2) is 0 Å². The second-order valence-electron chi connectivity index (χ2n) is 4.78. The van der Waals surface area contributed by atoms with Gasteiger partial charge in [0.1, 0.15) is 0 Å². The van der Waals surface area contributed by atoms with Crippen LogP contribution in [0.3, 0.4) is 0 Å². The van der Waals surface area contributed by atoms with Gasteiger partial charge < -0.3 is 11.1 Å². The van der Waals surface area contributed by atoms with Gasteiger partial charge in [-0.3, -0.25) is 0 Å². The van der Waals surface area contributed by atoms with Crippen LogP contribution in [-0.4, -0.2) is 12.1 Å². The number of rotatable bonds is 5. The quantitative estimate of drug-likeness (QED) is 0.744. The molecule has 1 aliphatic heterocycles. The molecule has 2 nitrogen and oxygen atoms in total. The first-order valence-electron chi connectivity index (χ1n) is 6.39. The van der Waals surface area contributed by atoms with Crippen LogP contribution in [0.5, 0.6) is 0 Å². The Kier molecular flexibility index (Phi) is 3.83. The molecule has 0 aromatic carbocycles. The number of nitrogens with one attached hydrogen (secondary N) is 1. The molecule has 0 saturated carbocycles.